The van der Waals surface area contributed by atoms with E-state index in [-0.39, 0.29) is 23.0 Å². The number of benzene rings is 1. The van der Waals surface area contributed by atoms with Crippen LogP contribution in [-0.4, -0.2) is 54.0 Å². The molecule has 5 heteroatoms. The van der Waals surface area contributed by atoms with Crippen molar-refractivity contribution in [3.05, 3.63) is 58.7 Å². The van der Waals surface area contributed by atoms with Crippen molar-refractivity contribution in [2.24, 2.45) is 35.0 Å². The average molecular weight is 599 g/mol. The first-order chi connectivity index (χ1) is 21.2. The number of aryl methyl sites for hydroxylation is 1. The molecular formula is C39H54N2O3. The van der Waals surface area contributed by atoms with Gasteiger partial charge in [0.1, 0.15) is 5.78 Å². The first-order valence-corrected chi connectivity index (χ1v) is 17.8. The van der Waals surface area contributed by atoms with Gasteiger partial charge in [-0.2, -0.15) is 0 Å². The zero-order valence-corrected chi connectivity index (χ0v) is 27.6. The molecule has 9 atom stereocenters. The van der Waals surface area contributed by atoms with E-state index in [0.717, 1.165) is 64.5 Å². The number of amides is 1. The van der Waals surface area contributed by atoms with E-state index in [1.807, 2.05) is 0 Å². The summed E-state index contributed by atoms with van der Waals surface area (Å²) in [5.41, 5.74) is 6.17. The van der Waals surface area contributed by atoms with Crippen molar-refractivity contribution in [2.45, 2.75) is 116 Å². The molecule has 5 nitrogen and oxygen atoms in total. The fourth-order valence-electron chi connectivity index (χ4n) is 11.0. The lowest BCUT2D eigenvalue weighted by atomic mass is 9.57. The summed E-state index contributed by atoms with van der Waals surface area (Å²) in [5, 5.41) is 3.22. The zero-order chi connectivity index (χ0) is 30.6. The SMILES string of the molecule is CC1=C2C[C@H]3[C@@H](CC=C4CC(=O)CC[C@@]43C)[C@@H]2CC[C@@]2(C1)O[C@@H]1C[C@H](C)CN(CC(=O)NCCCc3ccccc3)[C@H]1[C@H]2C. The molecule has 238 valence electrons. The number of nitrogens with one attached hydrogen (secondary N) is 1. The maximum absolute atomic E-state index is 13.2. The second-order valence-electron chi connectivity index (χ2n) is 15.9. The summed E-state index contributed by atoms with van der Waals surface area (Å²) in [7, 11) is 0. The summed E-state index contributed by atoms with van der Waals surface area (Å²) in [5.74, 6) is 3.57. The molecular weight excluding hydrogens is 544 g/mol. The molecule has 6 aliphatic rings. The Kier molecular flexibility index (Phi) is 8.19. The molecule has 4 fully saturated rings. The first-order valence-electron chi connectivity index (χ1n) is 17.8. The van der Waals surface area contributed by atoms with Crippen molar-refractivity contribution in [3.63, 3.8) is 0 Å². The lowest BCUT2D eigenvalue weighted by molar-refractivity contribution is -0.124. The van der Waals surface area contributed by atoms with Gasteiger partial charge < -0.3 is 10.1 Å². The van der Waals surface area contributed by atoms with Crippen LogP contribution in [0.25, 0.3) is 0 Å². The fourth-order valence-corrected chi connectivity index (χ4v) is 11.0. The molecule has 7 rings (SSSR count). The number of allylic oxidation sites excluding steroid dienone is 3. The summed E-state index contributed by atoms with van der Waals surface area (Å²) < 4.78 is 7.25. The molecule has 0 radical (unpaired) electrons. The number of ether oxygens (including phenoxy) is 1. The standard InChI is InChI=1S/C39H54N2O3/c1-25-19-35-37(41(23-25)24-36(43)40-18-8-11-28-9-6-5-7-10-28)27(3)39(44-35)17-15-31-32-13-12-29-20-30(42)14-16-38(29,4)34(32)21-33(31)26(2)22-39/h5-7,9-10,12,25,27,31-32,34-35,37H,8,11,13-24H2,1-4H3,(H,40,43)/t25-,27+,31-,32-,34-,35+,37-,38-,39-/m0/s1. The van der Waals surface area contributed by atoms with Crippen LogP contribution in [0.3, 0.4) is 0 Å². The van der Waals surface area contributed by atoms with E-state index in [2.05, 4.69) is 74.3 Å². The Hall–Kier alpha value is -2.24. The molecule has 1 aromatic carbocycles. The highest BCUT2D eigenvalue weighted by atomic mass is 16.5. The van der Waals surface area contributed by atoms with Crippen LogP contribution in [0.1, 0.15) is 97.5 Å². The van der Waals surface area contributed by atoms with Gasteiger partial charge in [-0.25, -0.2) is 0 Å². The Morgan fingerprint density at radius 2 is 1.98 bits per heavy atom. The molecule has 2 aliphatic heterocycles. The van der Waals surface area contributed by atoms with Crippen molar-refractivity contribution in [1.82, 2.24) is 10.2 Å². The van der Waals surface area contributed by atoms with E-state index >= 15 is 0 Å². The van der Waals surface area contributed by atoms with Crippen LogP contribution < -0.4 is 5.32 Å². The van der Waals surface area contributed by atoms with Crippen LogP contribution in [-0.2, 0) is 20.7 Å². The largest absolute Gasteiger partial charge is 0.369 e. The normalized spacial score (nSPS) is 40.1. The van der Waals surface area contributed by atoms with Crippen LogP contribution in [0.15, 0.2) is 53.1 Å². The summed E-state index contributed by atoms with van der Waals surface area (Å²) in [4.78, 5) is 28.0. The number of carbonyl (C=O) groups is 2. The zero-order valence-electron chi connectivity index (χ0n) is 27.6. The van der Waals surface area contributed by atoms with Crippen molar-refractivity contribution in [3.8, 4) is 0 Å². The van der Waals surface area contributed by atoms with Gasteiger partial charge in [0.2, 0.25) is 5.91 Å². The van der Waals surface area contributed by atoms with Crippen LogP contribution in [0.4, 0.5) is 0 Å². The second kappa shape index (κ2) is 11.8. The number of likely N-dealkylation sites (tertiary alicyclic amines) is 1. The Morgan fingerprint density at radius 3 is 2.80 bits per heavy atom. The summed E-state index contributed by atoms with van der Waals surface area (Å²) in [6, 6.07) is 10.8. The molecule has 2 saturated heterocycles. The molecule has 0 unspecified atom stereocenters. The third-order valence-corrected chi connectivity index (χ3v) is 13.3. The average Bonchev–Trinajstić information content (AvgIpc) is 3.46. The van der Waals surface area contributed by atoms with Gasteiger partial charge >= 0.3 is 0 Å². The molecule has 2 saturated carbocycles. The highest BCUT2D eigenvalue weighted by Gasteiger charge is 2.59. The Labute approximate surface area is 265 Å². The maximum Gasteiger partial charge on any atom is 0.234 e. The Morgan fingerprint density at radius 1 is 1.16 bits per heavy atom. The topological polar surface area (TPSA) is 58.6 Å². The first kappa shape index (κ1) is 30.4. The number of carbonyl (C=O) groups excluding carboxylic acids is 2. The minimum absolute atomic E-state index is 0.127. The van der Waals surface area contributed by atoms with E-state index in [1.54, 1.807) is 11.1 Å². The van der Waals surface area contributed by atoms with Gasteiger partial charge in [-0.1, -0.05) is 73.9 Å². The molecule has 1 aromatic rings. The highest BCUT2D eigenvalue weighted by Crippen LogP contribution is 2.63. The molecule has 0 bridgehead atoms. The number of hydrogen-bond acceptors (Lipinski definition) is 4. The number of fused-ring (bicyclic) bond motifs is 6. The van der Waals surface area contributed by atoms with Gasteiger partial charge in [-0.3, -0.25) is 14.5 Å². The van der Waals surface area contributed by atoms with Crippen LogP contribution in [0.5, 0.6) is 0 Å². The molecule has 1 amide bonds. The van der Waals surface area contributed by atoms with E-state index in [1.165, 1.54) is 24.0 Å². The summed E-state index contributed by atoms with van der Waals surface area (Å²) >= 11 is 0. The number of hydrogen-bond donors (Lipinski definition) is 1. The minimum Gasteiger partial charge on any atom is -0.369 e. The minimum atomic E-state index is -0.127. The fraction of sp³-hybridized carbons (Fsp3) is 0.692. The molecule has 4 aliphatic carbocycles. The van der Waals surface area contributed by atoms with E-state index in [9.17, 15) is 9.59 Å². The second-order valence-corrected chi connectivity index (χ2v) is 15.9. The van der Waals surface area contributed by atoms with Crippen molar-refractivity contribution >= 4 is 11.7 Å². The third kappa shape index (κ3) is 5.34. The maximum atomic E-state index is 13.2. The predicted molar refractivity (Wildman–Crippen MR) is 175 cm³/mol. The van der Waals surface area contributed by atoms with Crippen LogP contribution >= 0.6 is 0 Å². The Bertz CT molecular complexity index is 1330. The molecule has 1 spiro atoms. The van der Waals surface area contributed by atoms with Crippen molar-refractivity contribution < 1.29 is 14.3 Å². The monoisotopic (exact) mass is 598 g/mol. The molecule has 1 N–H and O–H groups in total. The number of nitrogens with zero attached hydrogens (tertiary/aromatic N) is 1. The molecule has 0 aromatic heterocycles. The Balaban J connectivity index is 1.03. The van der Waals surface area contributed by atoms with Gasteiger partial charge in [0.15, 0.2) is 0 Å². The predicted octanol–water partition coefficient (Wildman–Crippen LogP) is 7.06. The van der Waals surface area contributed by atoms with E-state index in [0.29, 0.717) is 54.4 Å². The van der Waals surface area contributed by atoms with Gasteiger partial charge in [0.05, 0.1) is 18.2 Å². The summed E-state index contributed by atoms with van der Waals surface area (Å²) in [6.45, 7) is 11.8. The third-order valence-electron chi connectivity index (χ3n) is 13.3. The van der Waals surface area contributed by atoms with E-state index < -0.39 is 0 Å². The quantitative estimate of drug-likeness (QED) is 0.281. The van der Waals surface area contributed by atoms with Gasteiger partial charge in [0.25, 0.3) is 0 Å². The molecule has 44 heavy (non-hydrogen) atoms. The summed E-state index contributed by atoms with van der Waals surface area (Å²) in [6.07, 6.45) is 14.0. The molecule has 2 heterocycles. The number of ketones is 1. The lowest BCUT2D eigenvalue weighted by Gasteiger charge is -2.47. The van der Waals surface area contributed by atoms with Crippen molar-refractivity contribution in [2.75, 3.05) is 19.6 Å². The van der Waals surface area contributed by atoms with Crippen LogP contribution in [0, 0.1) is 35.0 Å². The van der Waals surface area contributed by atoms with Crippen LogP contribution in [0.2, 0.25) is 0 Å². The number of piperidine rings is 1. The van der Waals surface area contributed by atoms with Gasteiger partial charge in [-0.15, -0.1) is 0 Å². The lowest BCUT2D eigenvalue weighted by Crippen LogP contribution is -2.54. The van der Waals surface area contributed by atoms with Gasteiger partial charge in [-0.05, 0) is 99.4 Å². The smallest absolute Gasteiger partial charge is 0.234 e. The highest BCUT2D eigenvalue weighted by molar-refractivity contribution is 5.82. The number of rotatable bonds is 6. The number of Topliss-reactive ketones (excluding diaryl/α,β-unsaturated/α-hetero) is 1. The van der Waals surface area contributed by atoms with Gasteiger partial charge in [0, 0.05) is 37.9 Å². The van der Waals surface area contributed by atoms with Crippen molar-refractivity contribution in [1.29, 1.82) is 0 Å². The van der Waals surface area contributed by atoms with E-state index in [4.69, 9.17) is 4.74 Å².